The molecular weight excluding hydrogens is 388 g/mol. The van der Waals surface area contributed by atoms with Gasteiger partial charge in [0.2, 0.25) is 0 Å². The number of nitro groups is 1. The Hall–Kier alpha value is -3.26. The van der Waals surface area contributed by atoms with Gasteiger partial charge in [0, 0.05) is 37.0 Å². The van der Waals surface area contributed by atoms with E-state index in [2.05, 4.69) is 19.2 Å². The summed E-state index contributed by atoms with van der Waals surface area (Å²) in [6.07, 6.45) is 0.995. The number of Topliss-reactive ketones (excluding diaryl/α,β-unsaturated/α-hetero) is 1. The van der Waals surface area contributed by atoms with Gasteiger partial charge in [-0.1, -0.05) is 38.1 Å². The molecule has 0 saturated carbocycles. The maximum absolute atomic E-state index is 12.5. The molecule has 2 aromatic rings. The Labute approximate surface area is 175 Å². The molecule has 0 aromatic heterocycles. The number of nitro benzene ring substituents is 1. The van der Waals surface area contributed by atoms with Crippen LogP contribution in [0.25, 0.3) is 0 Å². The van der Waals surface area contributed by atoms with Crippen LogP contribution >= 0.6 is 0 Å². The molecule has 0 bridgehead atoms. The maximum atomic E-state index is 12.5. The highest BCUT2D eigenvalue weighted by atomic mass is 16.6. The van der Waals surface area contributed by atoms with Crippen LogP contribution < -0.4 is 5.32 Å². The number of nitrogens with one attached hydrogen (secondary N) is 1. The number of non-ortho nitro benzene ring substituents is 1. The molecule has 0 heterocycles. The van der Waals surface area contributed by atoms with Gasteiger partial charge < -0.3 is 14.8 Å². The number of hydrogen-bond donors (Lipinski definition) is 1. The molecule has 0 amide bonds. The average molecular weight is 414 g/mol. The van der Waals surface area contributed by atoms with Gasteiger partial charge in [0.15, 0.2) is 12.4 Å². The topological polar surface area (TPSA) is 108 Å². The zero-order valence-corrected chi connectivity index (χ0v) is 17.3. The van der Waals surface area contributed by atoms with E-state index >= 15 is 0 Å². The van der Waals surface area contributed by atoms with Gasteiger partial charge in [-0.05, 0) is 24.0 Å². The van der Waals surface area contributed by atoms with E-state index in [0.29, 0.717) is 30.3 Å². The van der Waals surface area contributed by atoms with Gasteiger partial charge in [-0.25, -0.2) is 4.79 Å². The van der Waals surface area contributed by atoms with Gasteiger partial charge in [0.1, 0.15) is 0 Å². The van der Waals surface area contributed by atoms with Crippen molar-refractivity contribution in [3.05, 3.63) is 69.3 Å². The third-order valence-corrected chi connectivity index (χ3v) is 4.80. The third-order valence-electron chi connectivity index (χ3n) is 4.80. The van der Waals surface area contributed by atoms with Crippen molar-refractivity contribution >= 4 is 23.1 Å². The molecule has 0 fully saturated rings. The highest BCUT2D eigenvalue weighted by molar-refractivity contribution is 6.01. The fourth-order valence-corrected chi connectivity index (χ4v) is 2.78. The number of ketones is 1. The number of rotatable bonds is 11. The van der Waals surface area contributed by atoms with Gasteiger partial charge in [0.25, 0.3) is 5.69 Å². The SMILES string of the molecule is CC[C@H](C)c1ccc(C(=O)COC(=O)c2cc([N+](=O)[O-])ccc2NCCOC)cc1. The fraction of sp³-hybridized carbons (Fsp3) is 0.364. The maximum Gasteiger partial charge on any atom is 0.340 e. The zero-order valence-electron chi connectivity index (χ0n) is 17.3. The number of carbonyl (C=O) groups excluding carboxylic acids is 2. The van der Waals surface area contributed by atoms with E-state index < -0.39 is 17.5 Å². The predicted molar refractivity (Wildman–Crippen MR) is 113 cm³/mol. The van der Waals surface area contributed by atoms with Crippen LogP contribution in [0.3, 0.4) is 0 Å². The summed E-state index contributed by atoms with van der Waals surface area (Å²) in [5, 5.41) is 14.0. The first-order valence-electron chi connectivity index (χ1n) is 9.68. The fourth-order valence-electron chi connectivity index (χ4n) is 2.78. The van der Waals surface area contributed by atoms with Crippen LogP contribution in [0.15, 0.2) is 42.5 Å². The molecule has 0 aliphatic heterocycles. The van der Waals surface area contributed by atoms with E-state index in [4.69, 9.17) is 9.47 Å². The van der Waals surface area contributed by atoms with Gasteiger partial charge in [-0.3, -0.25) is 14.9 Å². The number of methoxy groups -OCH3 is 1. The Morgan fingerprint density at radius 2 is 1.87 bits per heavy atom. The Morgan fingerprint density at radius 1 is 1.17 bits per heavy atom. The van der Waals surface area contributed by atoms with Gasteiger partial charge in [-0.15, -0.1) is 0 Å². The highest BCUT2D eigenvalue weighted by Crippen LogP contribution is 2.23. The zero-order chi connectivity index (χ0) is 22.1. The van der Waals surface area contributed by atoms with E-state index in [1.165, 1.54) is 19.2 Å². The van der Waals surface area contributed by atoms with Crippen LogP contribution in [0.4, 0.5) is 11.4 Å². The molecule has 8 nitrogen and oxygen atoms in total. The van der Waals surface area contributed by atoms with Crippen LogP contribution in [0, 0.1) is 10.1 Å². The molecule has 30 heavy (non-hydrogen) atoms. The van der Waals surface area contributed by atoms with Crippen molar-refractivity contribution in [1.29, 1.82) is 0 Å². The molecule has 0 radical (unpaired) electrons. The monoisotopic (exact) mass is 414 g/mol. The highest BCUT2D eigenvalue weighted by Gasteiger charge is 2.19. The first kappa shape index (κ1) is 23.0. The summed E-state index contributed by atoms with van der Waals surface area (Å²) in [6, 6.07) is 11.0. The number of esters is 1. The average Bonchev–Trinajstić information content (AvgIpc) is 2.76. The van der Waals surface area contributed by atoms with Crippen LogP contribution in [0.2, 0.25) is 0 Å². The lowest BCUT2D eigenvalue weighted by atomic mass is 9.97. The smallest absolute Gasteiger partial charge is 0.340 e. The summed E-state index contributed by atoms with van der Waals surface area (Å²) in [5.41, 5.74) is 1.68. The Kier molecular flexibility index (Phi) is 8.49. The first-order chi connectivity index (χ1) is 14.4. The molecule has 0 aliphatic rings. The van der Waals surface area contributed by atoms with Crippen molar-refractivity contribution in [1.82, 2.24) is 0 Å². The molecule has 0 unspecified atom stereocenters. The normalized spacial score (nSPS) is 11.6. The van der Waals surface area contributed by atoms with Crippen LogP contribution in [-0.2, 0) is 9.47 Å². The quantitative estimate of drug-likeness (QED) is 0.193. The first-order valence-corrected chi connectivity index (χ1v) is 9.68. The molecule has 2 aromatic carbocycles. The van der Waals surface area contributed by atoms with Gasteiger partial charge in [0.05, 0.1) is 17.1 Å². The molecule has 0 aliphatic carbocycles. The molecule has 1 atom stereocenters. The number of anilines is 1. The number of carbonyl (C=O) groups is 2. The van der Waals surface area contributed by atoms with Crippen LogP contribution in [0.1, 0.15) is 52.5 Å². The molecule has 160 valence electrons. The van der Waals surface area contributed by atoms with Crippen molar-refractivity contribution in [2.75, 3.05) is 32.2 Å². The molecule has 2 rings (SSSR count). The second-order valence-corrected chi connectivity index (χ2v) is 6.84. The summed E-state index contributed by atoms with van der Waals surface area (Å²) in [4.78, 5) is 35.4. The van der Waals surface area contributed by atoms with E-state index in [-0.39, 0.29) is 17.0 Å². The molecule has 8 heteroatoms. The standard InChI is InChI=1S/C22H26N2O6/c1-4-15(2)16-5-7-17(8-6-16)21(25)14-30-22(26)19-13-18(24(27)28)9-10-20(19)23-11-12-29-3/h5-10,13,15,23H,4,11-12,14H2,1-3H3/t15-/m0/s1. The van der Waals surface area contributed by atoms with Gasteiger partial charge >= 0.3 is 5.97 Å². The van der Waals surface area contributed by atoms with Crippen molar-refractivity contribution in [3.63, 3.8) is 0 Å². The third kappa shape index (κ3) is 6.12. The second-order valence-electron chi connectivity index (χ2n) is 6.84. The minimum Gasteiger partial charge on any atom is -0.454 e. The van der Waals surface area contributed by atoms with Crippen LogP contribution in [0.5, 0.6) is 0 Å². The number of nitrogens with zero attached hydrogens (tertiary/aromatic N) is 1. The summed E-state index contributed by atoms with van der Waals surface area (Å²) in [5.74, 6) is -0.772. The molecule has 1 N–H and O–H groups in total. The van der Waals surface area contributed by atoms with Crippen molar-refractivity contribution < 1.29 is 24.0 Å². The lowest BCUT2D eigenvalue weighted by molar-refractivity contribution is -0.384. The minimum atomic E-state index is -0.816. The summed E-state index contributed by atoms with van der Waals surface area (Å²) in [6.45, 7) is 4.53. The Bertz CT molecular complexity index is 895. The largest absolute Gasteiger partial charge is 0.454 e. The van der Waals surface area contributed by atoms with Crippen molar-refractivity contribution in [2.45, 2.75) is 26.2 Å². The summed E-state index contributed by atoms with van der Waals surface area (Å²) in [7, 11) is 1.54. The van der Waals surface area contributed by atoms with Gasteiger partial charge in [-0.2, -0.15) is 0 Å². The van der Waals surface area contributed by atoms with E-state index in [0.717, 1.165) is 18.1 Å². The van der Waals surface area contributed by atoms with Crippen molar-refractivity contribution in [3.8, 4) is 0 Å². The summed E-state index contributed by atoms with van der Waals surface area (Å²) >= 11 is 0. The molecule has 0 saturated heterocycles. The Morgan fingerprint density at radius 3 is 2.47 bits per heavy atom. The summed E-state index contributed by atoms with van der Waals surface area (Å²) < 4.78 is 10.1. The Balaban J connectivity index is 2.09. The number of hydrogen-bond acceptors (Lipinski definition) is 7. The number of benzene rings is 2. The minimum absolute atomic E-state index is 0.0137. The van der Waals surface area contributed by atoms with E-state index in [1.807, 2.05) is 12.1 Å². The second kappa shape index (κ2) is 11.1. The lowest BCUT2D eigenvalue weighted by Gasteiger charge is -2.12. The predicted octanol–water partition coefficient (Wildman–Crippen LogP) is 4.21. The van der Waals surface area contributed by atoms with Crippen molar-refractivity contribution in [2.24, 2.45) is 0 Å². The van der Waals surface area contributed by atoms with E-state index in [1.54, 1.807) is 12.1 Å². The lowest BCUT2D eigenvalue weighted by Crippen LogP contribution is -2.17. The number of ether oxygens (including phenoxy) is 2. The molecular formula is C22H26N2O6. The van der Waals surface area contributed by atoms with E-state index in [9.17, 15) is 19.7 Å². The van der Waals surface area contributed by atoms with Crippen LogP contribution in [-0.4, -0.2) is 43.5 Å². The molecule has 0 spiro atoms.